The molecule has 3 rings (SSSR count). The van der Waals surface area contributed by atoms with Crippen molar-refractivity contribution >= 4 is 12.0 Å². The van der Waals surface area contributed by atoms with E-state index in [1.165, 1.54) is 12.1 Å². The molecule has 0 aromatic heterocycles. The maximum absolute atomic E-state index is 13.0. The van der Waals surface area contributed by atoms with Gasteiger partial charge in [0.15, 0.2) is 11.5 Å². The van der Waals surface area contributed by atoms with Gasteiger partial charge in [-0.2, -0.15) is 5.26 Å². The smallest absolute Gasteiger partial charge is 0.262 e. The van der Waals surface area contributed by atoms with Gasteiger partial charge in [-0.25, -0.2) is 4.39 Å². The summed E-state index contributed by atoms with van der Waals surface area (Å²) in [6.45, 7) is 2.57. The standard InChI is InChI=1S/C24H25FN2O3/c1-2-29-23-14-18(13-19(15-26)24(28)27-21-5-3-4-6-21)9-12-22(23)30-16-17-7-10-20(25)11-8-17/h7-14,21H,2-6,16H2,1H3,(H,27,28)/b19-13-. The molecular weight excluding hydrogens is 383 g/mol. The van der Waals surface area contributed by atoms with Gasteiger partial charge in [0.05, 0.1) is 6.61 Å². The molecule has 0 spiro atoms. The van der Waals surface area contributed by atoms with Crippen LogP contribution in [0, 0.1) is 17.1 Å². The van der Waals surface area contributed by atoms with Crippen molar-refractivity contribution in [1.82, 2.24) is 5.32 Å². The van der Waals surface area contributed by atoms with E-state index in [0.717, 1.165) is 31.2 Å². The molecular formula is C24H25FN2O3. The van der Waals surface area contributed by atoms with Crippen molar-refractivity contribution in [3.05, 3.63) is 65.0 Å². The van der Waals surface area contributed by atoms with E-state index >= 15 is 0 Å². The highest BCUT2D eigenvalue weighted by atomic mass is 19.1. The van der Waals surface area contributed by atoms with Crippen molar-refractivity contribution in [3.8, 4) is 17.6 Å². The summed E-state index contributed by atoms with van der Waals surface area (Å²) >= 11 is 0. The Labute approximate surface area is 176 Å². The maximum Gasteiger partial charge on any atom is 0.262 e. The zero-order chi connectivity index (χ0) is 21.3. The fourth-order valence-corrected chi connectivity index (χ4v) is 3.39. The largest absolute Gasteiger partial charge is 0.490 e. The molecule has 0 saturated heterocycles. The molecule has 0 atom stereocenters. The van der Waals surface area contributed by atoms with Gasteiger partial charge in [0.2, 0.25) is 0 Å². The number of halogens is 1. The molecule has 30 heavy (non-hydrogen) atoms. The van der Waals surface area contributed by atoms with Crippen LogP contribution in [0.5, 0.6) is 11.5 Å². The minimum Gasteiger partial charge on any atom is -0.490 e. The molecule has 1 aliphatic carbocycles. The van der Waals surface area contributed by atoms with Gasteiger partial charge in [-0.05, 0) is 61.2 Å². The van der Waals surface area contributed by atoms with Crippen molar-refractivity contribution in [1.29, 1.82) is 5.26 Å². The van der Waals surface area contributed by atoms with Gasteiger partial charge in [0, 0.05) is 6.04 Å². The van der Waals surface area contributed by atoms with Crippen molar-refractivity contribution in [2.45, 2.75) is 45.3 Å². The van der Waals surface area contributed by atoms with E-state index < -0.39 is 0 Å². The number of amides is 1. The maximum atomic E-state index is 13.0. The number of hydrogen-bond donors (Lipinski definition) is 1. The van der Waals surface area contributed by atoms with Crippen LogP contribution in [-0.2, 0) is 11.4 Å². The first kappa shape index (κ1) is 21.4. The molecule has 1 fully saturated rings. The lowest BCUT2D eigenvalue weighted by Gasteiger charge is -2.13. The second-order valence-corrected chi connectivity index (χ2v) is 7.18. The molecule has 5 nitrogen and oxygen atoms in total. The van der Waals surface area contributed by atoms with E-state index in [0.29, 0.717) is 23.7 Å². The van der Waals surface area contributed by atoms with E-state index in [9.17, 15) is 14.4 Å². The predicted octanol–water partition coefficient (Wildman–Crippen LogP) is 4.77. The van der Waals surface area contributed by atoms with Crippen LogP contribution in [0.4, 0.5) is 4.39 Å². The van der Waals surface area contributed by atoms with Crippen LogP contribution in [0.3, 0.4) is 0 Å². The van der Waals surface area contributed by atoms with E-state index in [-0.39, 0.29) is 29.9 Å². The normalized spacial score (nSPS) is 14.2. The molecule has 0 unspecified atom stereocenters. The molecule has 156 valence electrons. The number of carbonyl (C=O) groups is 1. The fraction of sp³-hybridized carbons (Fsp3) is 0.333. The first-order valence-corrected chi connectivity index (χ1v) is 10.2. The Hall–Kier alpha value is -3.33. The first-order chi connectivity index (χ1) is 14.6. The van der Waals surface area contributed by atoms with Crippen LogP contribution in [-0.4, -0.2) is 18.6 Å². The number of nitrogens with one attached hydrogen (secondary N) is 1. The molecule has 1 aliphatic rings. The number of benzene rings is 2. The zero-order valence-electron chi connectivity index (χ0n) is 17.0. The van der Waals surface area contributed by atoms with Gasteiger partial charge < -0.3 is 14.8 Å². The molecule has 1 amide bonds. The quantitative estimate of drug-likeness (QED) is 0.505. The number of ether oxygens (including phenoxy) is 2. The number of carbonyl (C=O) groups excluding carboxylic acids is 1. The molecule has 1 saturated carbocycles. The summed E-state index contributed by atoms with van der Waals surface area (Å²) in [6.07, 6.45) is 5.68. The van der Waals surface area contributed by atoms with Gasteiger partial charge in [0.1, 0.15) is 24.1 Å². The van der Waals surface area contributed by atoms with Crippen LogP contribution < -0.4 is 14.8 Å². The van der Waals surface area contributed by atoms with Crippen LogP contribution in [0.25, 0.3) is 6.08 Å². The third-order valence-electron chi connectivity index (χ3n) is 4.94. The van der Waals surface area contributed by atoms with Crippen molar-refractivity contribution in [2.75, 3.05) is 6.61 Å². The van der Waals surface area contributed by atoms with Gasteiger partial charge in [-0.1, -0.05) is 31.0 Å². The Morgan fingerprint density at radius 2 is 1.90 bits per heavy atom. The highest BCUT2D eigenvalue weighted by Crippen LogP contribution is 2.30. The lowest BCUT2D eigenvalue weighted by Crippen LogP contribution is -2.33. The van der Waals surface area contributed by atoms with E-state index in [4.69, 9.17) is 9.47 Å². The average molecular weight is 408 g/mol. The summed E-state index contributed by atoms with van der Waals surface area (Å²) in [4.78, 5) is 12.4. The number of hydrogen-bond acceptors (Lipinski definition) is 4. The summed E-state index contributed by atoms with van der Waals surface area (Å²) in [5.74, 6) is 0.406. The summed E-state index contributed by atoms with van der Waals surface area (Å²) in [6, 6.07) is 13.5. The van der Waals surface area contributed by atoms with Crippen LogP contribution in [0.1, 0.15) is 43.7 Å². The Morgan fingerprint density at radius 1 is 1.17 bits per heavy atom. The molecule has 6 heteroatoms. The molecule has 1 N–H and O–H groups in total. The monoisotopic (exact) mass is 408 g/mol. The van der Waals surface area contributed by atoms with Crippen molar-refractivity contribution in [3.63, 3.8) is 0 Å². The Bertz CT molecular complexity index is 942. The topological polar surface area (TPSA) is 71.3 Å². The molecule has 2 aromatic carbocycles. The molecule has 0 radical (unpaired) electrons. The first-order valence-electron chi connectivity index (χ1n) is 10.2. The molecule has 0 aliphatic heterocycles. The minimum absolute atomic E-state index is 0.0596. The van der Waals surface area contributed by atoms with Crippen LogP contribution in [0.2, 0.25) is 0 Å². The minimum atomic E-state index is -0.348. The highest BCUT2D eigenvalue weighted by molar-refractivity contribution is 6.01. The lowest BCUT2D eigenvalue weighted by molar-refractivity contribution is -0.117. The van der Waals surface area contributed by atoms with Crippen molar-refractivity contribution in [2.24, 2.45) is 0 Å². The third-order valence-corrected chi connectivity index (χ3v) is 4.94. The number of nitriles is 1. The van der Waals surface area contributed by atoms with Crippen LogP contribution >= 0.6 is 0 Å². The lowest BCUT2D eigenvalue weighted by atomic mass is 10.1. The predicted molar refractivity (Wildman–Crippen MR) is 112 cm³/mol. The summed E-state index contributed by atoms with van der Waals surface area (Å²) < 4.78 is 24.5. The Balaban J connectivity index is 1.73. The summed E-state index contributed by atoms with van der Waals surface area (Å²) in [5.41, 5.74) is 1.56. The summed E-state index contributed by atoms with van der Waals surface area (Å²) in [7, 11) is 0. The van der Waals surface area contributed by atoms with Gasteiger partial charge in [-0.3, -0.25) is 4.79 Å². The number of nitrogens with zero attached hydrogens (tertiary/aromatic N) is 1. The van der Waals surface area contributed by atoms with E-state index in [1.807, 2.05) is 13.0 Å². The highest BCUT2D eigenvalue weighted by Gasteiger charge is 2.19. The molecule has 2 aromatic rings. The van der Waals surface area contributed by atoms with Crippen molar-refractivity contribution < 1.29 is 18.7 Å². The average Bonchev–Trinajstić information content (AvgIpc) is 3.25. The molecule has 0 bridgehead atoms. The zero-order valence-corrected chi connectivity index (χ0v) is 17.0. The second kappa shape index (κ2) is 10.4. The van der Waals surface area contributed by atoms with E-state index in [1.54, 1.807) is 36.4 Å². The van der Waals surface area contributed by atoms with Gasteiger partial charge in [-0.15, -0.1) is 0 Å². The fourth-order valence-electron chi connectivity index (χ4n) is 3.39. The summed E-state index contributed by atoms with van der Waals surface area (Å²) in [5, 5.41) is 12.4. The third kappa shape index (κ3) is 5.84. The Morgan fingerprint density at radius 3 is 2.57 bits per heavy atom. The van der Waals surface area contributed by atoms with Gasteiger partial charge >= 0.3 is 0 Å². The second-order valence-electron chi connectivity index (χ2n) is 7.18. The Kier molecular flexibility index (Phi) is 7.45. The SMILES string of the molecule is CCOc1cc(/C=C(/C#N)C(=O)NC2CCCC2)ccc1OCc1ccc(F)cc1. The number of rotatable bonds is 8. The van der Waals surface area contributed by atoms with Gasteiger partial charge in [0.25, 0.3) is 5.91 Å². The van der Waals surface area contributed by atoms with E-state index in [2.05, 4.69) is 5.32 Å². The molecule has 0 heterocycles. The van der Waals surface area contributed by atoms with Crippen LogP contribution in [0.15, 0.2) is 48.0 Å².